The molecule has 7 heteroatoms. The average Bonchev–Trinajstić information content (AvgIpc) is 2.29. The highest BCUT2D eigenvalue weighted by Crippen LogP contribution is 2.26. The van der Waals surface area contributed by atoms with Crippen LogP contribution >= 0.6 is 11.6 Å². The van der Waals surface area contributed by atoms with E-state index >= 15 is 0 Å². The fourth-order valence-electron chi connectivity index (χ4n) is 1.46. The Morgan fingerprint density at radius 3 is 2.76 bits per heavy atom. The molecule has 6 nitrogen and oxygen atoms in total. The van der Waals surface area contributed by atoms with Gasteiger partial charge in [0.25, 0.3) is 5.56 Å². The van der Waals surface area contributed by atoms with Gasteiger partial charge in [0.05, 0.1) is 0 Å². The van der Waals surface area contributed by atoms with E-state index in [2.05, 4.69) is 20.5 Å². The van der Waals surface area contributed by atoms with Crippen molar-refractivity contribution in [3.8, 4) is 11.3 Å². The summed E-state index contributed by atoms with van der Waals surface area (Å²) in [6, 6.07) is 5.02. The van der Waals surface area contributed by atoms with Crippen LogP contribution < -0.4 is 16.6 Å². The molecule has 0 saturated heterocycles. The van der Waals surface area contributed by atoms with Gasteiger partial charge in [-0.3, -0.25) is 9.78 Å². The molecule has 1 aromatic heterocycles. The second kappa shape index (κ2) is 4.42. The zero-order chi connectivity index (χ0) is 12.4. The van der Waals surface area contributed by atoms with Crippen molar-refractivity contribution < 1.29 is 0 Å². The first-order valence-corrected chi connectivity index (χ1v) is 5.16. The van der Waals surface area contributed by atoms with E-state index in [1.54, 1.807) is 25.2 Å². The predicted molar refractivity (Wildman–Crippen MR) is 65.5 cm³/mol. The highest BCUT2D eigenvalue weighted by Gasteiger charge is 2.11. The number of hydrogen-bond acceptors (Lipinski definition) is 4. The van der Waals surface area contributed by atoms with Crippen LogP contribution in [0.4, 0.5) is 5.69 Å². The van der Waals surface area contributed by atoms with Crippen LogP contribution in [-0.4, -0.2) is 22.2 Å². The summed E-state index contributed by atoms with van der Waals surface area (Å²) in [7, 11) is 1.71. The molecule has 0 aliphatic rings. The quantitative estimate of drug-likeness (QED) is 0.738. The van der Waals surface area contributed by atoms with Crippen LogP contribution in [0.5, 0.6) is 0 Å². The van der Waals surface area contributed by atoms with Gasteiger partial charge in [-0.2, -0.15) is 5.10 Å². The van der Waals surface area contributed by atoms with Gasteiger partial charge < -0.3 is 5.32 Å². The fourth-order valence-corrected chi connectivity index (χ4v) is 1.63. The standard InChI is InChI=1S/C10H9ClN4O2/c1-12-7-3-2-5(11)4-6(7)8-9(16)13-10(17)15-14-8/h2-4,12H,1H3,(H2,13,15,16,17). The highest BCUT2D eigenvalue weighted by molar-refractivity contribution is 6.31. The van der Waals surface area contributed by atoms with Crippen molar-refractivity contribution in [1.82, 2.24) is 15.2 Å². The van der Waals surface area contributed by atoms with E-state index in [4.69, 9.17) is 11.6 Å². The minimum atomic E-state index is -0.646. The number of halogens is 1. The molecule has 0 spiro atoms. The minimum Gasteiger partial charge on any atom is -0.388 e. The molecule has 0 radical (unpaired) electrons. The number of benzene rings is 1. The van der Waals surface area contributed by atoms with Gasteiger partial charge in [0.15, 0.2) is 5.69 Å². The van der Waals surface area contributed by atoms with E-state index in [9.17, 15) is 9.59 Å². The summed E-state index contributed by atoms with van der Waals surface area (Å²) in [6.45, 7) is 0. The monoisotopic (exact) mass is 252 g/mol. The van der Waals surface area contributed by atoms with Gasteiger partial charge in [-0.05, 0) is 18.2 Å². The fraction of sp³-hybridized carbons (Fsp3) is 0.100. The molecule has 0 unspecified atom stereocenters. The van der Waals surface area contributed by atoms with Gasteiger partial charge in [-0.15, -0.1) is 0 Å². The Labute approximate surface area is 101 Å². The lowest BCUT2D eigenvalue weighted by Gasteiger charge is -2.07. The third-order valence-electron chi connectivity index (χ3n) is 2.22. The van der Waals surface area contributed by atoms with Crippen molar-refractivity contribution >= 4 is 17.3 Å². The van der Waals surface area contributed by atoms with Gasteiger partial charge in [0.2, 0.25) is 0 Å². The molecule has 0 aliphatic heterocycles. The van der Waals surface area contributed by atoms with E-state index in [0.717, 1.165) is 0 Å². The Balaban J connectivity index is 2.71. The molecule has 1 aromatic carbocycles. The zero-order valence-electron chi connectivity index (χ0n) is 8.87. The molecule has 0 atom stereocenters. The molecular formula is C10H9ClN4O2. The Morgan fingerprint density at radius 2 is 2.12 bits per heavy atom. The summed E-state index contributed by atoms with van der Waals surface area (Å²) >= 11 is 5.87. The molecule has 88 valence electrons. The van der Waals surface area contributed by atoms with Crippen LogP contribution in [0.25, 0.3) is 11.3 Å². The second-order valence-electron chi connectivity index (χ2n) is 3.30. The lowest BCUT2D eigenvalue weighted by molar-refractivity contribution is 0.898. The van der Waals surface area contributed by atoms with E-state index in [1.165, 1.54) is 0 Å². The number of H-pyrrole nitrogens is 2. The maximum atomic E-state index is 11.6. The molecular weight excluding hydrogens is 244 g/mol. The Bertz CT molecular complexity index is 662. The number of aromatic nitrogens is 3. The van der Waals surface area contributed by atoms with Crippen molar-refractivity contribution in [2.45, 2.75) is 0 Å². The van der Waals surface area contributed by atoms with Crippen LogP contribution in [0.1, 0.15) is 0 Å². The van der Waals surface area contributed by atoms with Gasteiger partial charge >= 0.3 is 5.69 Å². The molecule has 0 saturated carbocycles. The predicted octanol–water partition coefficient (Wildman–Crippen LogP) is 0.820. The maximum absolute atomic E-state index is 11.6. The number of nitrogens with zero attached hydrogens (tertiary/aromatic N) is 1. The molecule has 0 amide bonds. The number of rotatable bonds is 2. The molecule has 0 aliphatic carbocycles. The lowest BCUT2D eigenvalue weighted by Crippen LogP contribution is -2.25. The van der Waals surface area contributed by atoms with Crippen molar-refractivity contribution in [1.29, 1.82) is 0 Å². The molecule has 17 heavy (non-hydrogen) atoms. The van der Waals surface area contributed by atoms with Crippen molar-refractivity contribution in [2.24, 2.45) is 0 Å². The SMILES string of the molecule is CNc1ccc(Cl)cc1-c1n[nH]c(=O)[nH]c1=O. The molecule has 2 aromatic rings. The summed E-state index contributed by atoms with van der Waals surface area (Å²) < 4.78 is 0. The Morgan fingerprint density at radius 1 is 1.35 bits per heavy atom. The number of aromatic amines is 2. The third-order valence-corrected chi connectivity index (χ3v) is 2.45. The van der Waals surface area contributed by atoms with Gasteiger partial charge in [0.1, 0.15) is 0 Å². The molecule has 0 fully saturated rings. The topological polar surface area (TPSA) is 90.6 Å². The molecule has 2 rings (SSSR count). The van der Waals surface area contributed by atoms with Crippen molar-refractivity contribution in [2.75, 3.05) is 12.4 Å². The summed E-state index contributed by atoms with van der Waals surface area (Å²) in [6.07, 6.45) is 0. The minimum absolute atomic E-state index is 0.108. The van der Waals surface area contributed by atoms with Crippen molar-refractivity contribution in [3.05, 3.63) is 44.1 Å². The number of hydrogen-bond donors (Lipinski definition) is 3. The van der Waals surface area contributed by atoms with Gasteiger partial charge in [0, 0.05) is 23.3 Å². The van der Waals surface area contributed by atoms with Gasteiger partial charge in [-0.1, -0.05) is 11.6 Å². The average molecular weight is 253 g/mol. The Kier molecular flexibility index (Phi) is 2.97. The van der Waals surface area contributed by atoms with Crippen LogP contribution in [0.2, 0.25) is 5.02 Å². The van der Waals surface area contributed by atoms with Crippen LogP contribution in [0, 0.1) is 0 Å². The van der Waals surface area contributed by atoms with Crippen LogP contribution in [-0.2, 0) is 0 Å². The van der Waals surface area contributed by atoms with Crippen LogP contribution in [0.3, 0.4) is 0 Å². The second-order valence-corrected chi connectivity index (χ2v) is 3.73. The Hall–Kier alpha value is -2.08. The number of anilines is 1. The van der Waals surface area contributed by atoms with Gasteiger partial charge in [-0.25, -0.2) is 9.89 Å². The zero-order valence-corrected chi connectivity index (χ0v) is 9.63. The first-order chi connectivity index (χ1) is 8.11. The molecule has 0 bridgehead atoms. The number of nitrogens with one attached hydrogen (secondary N) is 3. The summed E-state index contributed by atoms with van der Waals surface area (Å²) in [5, 5.41) is 9.29. The lowest BCUT2D eigenvalue weighted by atomic mass is 10.1. The van der Waals surface area contributed by atoms with E-state index in [1.807, 2.05) is 0 Å². The normalized spacial score (nSPS) is 10.2. The molecule has 3 N–H and O–H groups in total. The maximum Gasteiger partial charge on any atom is 0.342 e. The smallest absolute Gasteiger partial charge is 0.342 e. The van der Waals surface area contributed by atoms with E-state index in [0.29, 0.717) is 16.3 Å². The molecule has 1 heterocycles. The largest absolute Gasteiger partial charge is 0.388 e. The van der Waals surface area contributed by atoms with Crippen molar-refractivity contribution in [3.63, 3.8) is 0 Å². The highest BCUT2D eigenvalue weighted by atomic mass is 35.5. The third kappa shape index (κ3) is 2.21. The van der Waals surface area contributed by atoms with E-state index < -0.39 is 11.2 Å². The first kappa shape index (κ1) is 11.4. The summed E-state index contributed by atoms with van der Waals surface area (Å²) in [5.74, 6) is 0. The van der Waals surface area contributed by atoms with Crippen LogP contribution in [0.15, 0.2) is 27.8 Å². The first-order valence-electron chi connectivity index (χ1n) is 4.78. The van der Waals surface area contributed by atoms with E-state index in [-0.39, 0.29) is 5.69 Å². The summed E-state index contributed by atoms with van der Waals surface area (Å²) in [4.78, 5) is 24.6. The summed E-state index contributed by atoms with van der Waals surface area (Å²) in [5.41, 5.74) is 0.118.